The average Bonchev–Trinajstić information content (AvgIpc) is 3.57. The molecule has 2 aliphatic heterocycles. The van der Waals surface area contributed by atoms with Gasteiger partial charge in [-0.15, -0.1) is 0 Å². The van der Waals surface area contributed by atoms with Gasteiger partial charge in [0.15, 0.2) is 0 Å². The summed E-state index contributed by atoms with van der Waals surface area (Å²) >= 11 is 0. The molecule has 210 valence electrons. The van der Waals surface area contributed by atoms with Gasteiger partial charge in [0.2, 0.25) is 5.88 Å². The number of carboxylic acid groups (broad SMARTS) is 1. The zero-order valence-corrected chi connectivity index (χ0v) is 22.7. The molecule has 0 amide bonds. The Hall–Kier alpha value is -4.28. The summed E-state index contributed by atoms with van der Waals surface area (Å²) in [7, 11) is 0. The number of aromatic nitrogens is 5. The summed E-state index contributed by atoms with van der Waals surface area (Å²) in [6, 6.07) is 15.3. The molecule has 10 heteroatoms. The van der Waals surface area contributed by atoms with Crippen LogP contribution in [0.5, 0.6) is 5.88 Å². The molecule has 2 fully saturated rings. The Morgan fingerprint density at radius 2 is 1.95 bits per heavy atom. The van der Waals surface area contributed by atoms with Crippen LogP contribution in [0.2, 0.25) is 0 Å². The lowest BCUT2D eigenvalue weighted by Crippen LogP contribution is -2.35. The number of ether oxygens (including phenoxy) is 2. The van der Waals surface area contributed by atoms with E-state index >= 15 is 0 Å². The standard InChI is InChI=1S/C31H32N6O4/c38-31(39)23-4-5-27-28(15-23)37(17-25-9-13-40-25)29(33-27)18-35-10-7-22(8-11-35)26-2-1-3-30(34-26)41-19-21-6-12-36-20-32-16-24(36)14-21/h1-6,12,14-16,20,22,25H,7-11,13,17-19H2,(H,38,39)/t25-/m0/s1. The van der Waals surface area contributed by atoms with E-state index < -0.39 is 5.97 Å². The van der Waals surface area contributed by atoms with Crippen molar-refractivity contribution in [1.82, 2.24) is 28.8 Å². The van der Waals surface area contributed by atoms with Crippen LogP contribution in [-0.2, 0) is 24.4 Å². The summed E-state index contributed by atoms with van der Waals surface area (Å²) in [5, 5.41) is 9.51. The van der Waals surface area contributed by atoms with Crippen LogP contribution in [0.25, 0.3) is 16.6 Å². The van der Waals surface area contributed by atoms with E-state index in [1.807, 2.05) is 41.1 Å². The Kier molecular flexibility index (Phi) is 6.85. The van der Waals surface area contributed by atoms with Crippen molar-refractivity contribution < 1.29 is 19.4 Å². The Balaban J connectivity index is 1.00. The lowest BCUT2D eigenvalue weighted by Gasteiger charge is -2.32. The fraction of sp³-hybridized carbons (Fsp3) is 0.355. The molecule has 0 bridgehead atoms. The summed E-state index contributed by atoms with van der Waals surface area (Å²) in [6.07, 6.45) is 8.78. The molecule has 10 nitrogen and oxygen atoms in total. The van der Waals surface area contributed by atoms with Crippen molar-refractivity contribution in [2.75, 3.05) is 19.7 Å². The first-order chi connectivity index (χ1) is 20.1. The third-order valence-corrected chi connectivity index (χ3v) is 8.24. The predicted octanol–water partition coefficient (Wildman–Crippen LogP) is 4.52. The van der Waals surface area contributed by atoms with Gasteiger partial charge in [-0.2, -0.15) is 0 Å². The predicted molar refractivity (Wildman–Crippen MR) is 152 cm³/mol. The third kappa shape index (κ3) is 5.40. The van der Waals surface area contributed by atoms with Gasteiger partial charge in [0.25, 0.3) is 0 Å². The second kappa shape index (κ2) is 10.9. The van der Waals surface area contributed by atoms with Crippen molar-refractivity contribution in [3.63, 3.8) is 0 Å². The molecule has 0 saturated carbocycles. The number of imidazole rings is 2. The molecule has 7 rings (SSSR count). The van der Waals surface area contributed by atoms with Gasteiger partial charge in [-0.1, -0.05) is 6.07 Å². The van der Waals surface area contributed by atoms with E-state index in [0.29, 0.717) is 31.5 Å². The zero-order chi connectivity index (χ0) is 27.8. The largest absolute Gasteiger partial charge is 0.478 e. The molecule has 4 aromatic heterocycles. The van der Waals surface area contributed by atoms with E-state index in [9.17, 15) is 9.90 Å². The Labute approximate surface area is 237 Å². The maximum Gasteiger partial charge on any atom is 0.335 e. The SMILES string of the molecule is O=C(O)c1ccc2nc(CN3CCC(c4cccc(OCc5ccn6cncc6c5)n4)CC3)n(C[C@@H]3CCO3)c2c1. The highest BCUT2D eigenvalue weighted by atomic mass is 16.5. The topological polar surface area (TPSA) is 107 Å². The Morgan fingerprint density at radius 1 is 1.07 bits per heavy atom. The van der Waals surface area contributed by atoms with Crippen LogP contribution in [0.15, 0.2) is 67.3 Å². The normalized spacial score (nSPS) is 18.1. The second-order valence-electron chi connectivity index (χ2n) is 10.9. The number of hydrogen-bond acceptors (Lipinski definition) is 7. The maximum absolute atomic E-state index is 11.6. The summed E-state index contributed by atoms with van der Waals surface area (Å²) in [5.41, 5.74) is 5.15. The molecule has 2 saturated heterocycles. The molecule has 2 aliphatic rings. The molecule has 1 atom stereocenters. The van der Waals surface area contributed by atoms with Crippen molar-refractivity contribution in [3.05, 3.63) is 89.9 Å². The number of benzene rings is 1. The second-order valence-corrected chi connectivity index (χ2v) is 10.9. The first-order valence-corrected chi connectivity index (χ1v) is 14.2. The van der Waals surface area contributed by atoms with E-state index in [1.54, 1.807) is 18.5 Å². The van der Waals surface area contributed by atoms with Crippen molar-refractivity contribution >= 4 is 22.5 Å². The smallest absolute Gasteiger partial charge is 0.335 e. The lowest BCUT2D eigenvalue weighted by atomic mass is 9.93. The fourth-order valence-electron chi connectivity index (χ4n) is 5.80. The average molecular weight is 553 g/mol. The van der Waals surface area contributed by atoms with Crippen LogP contribution in [0.4, 0.5) is 0 Å². The first-order valence-electron chi connectivity index (χ1n) is 14.2. The highest BCUT2D eigenvalue weighted by Gasteiger charge is 2.26. The summed E-state index contributed by atoms with van der Waals surface area (Å²) in [5.74, 6) is 1.05. The fourth-order valence-corrected chi connectivity index (χ4v) is 5.80. The molecule has 0 unspecified atom stereocenters. The van der Waals surface area contributed by atoms with E-state index in [4.69, 9.17) is 19.4 Å². The molecule has 1 N–H and O–H groups in total. The summed E-state index contributed by atoms with van der Waals surface area (Å²) in [6.45, 7) is 4.52. The lowest BCUT2D eigenvalue weighted by molar-refractivity contribution is -0.0592. The Bertz CT molecular complexity index is 1700. The third-order valence-electron chi connectivity index (χ3n) is 8.24. The van der Waals surface area contributed by atoms with Gasteiger partial charge in [-0.3, -0.25) is 4.90 Å². The van der Waals surface area contributed by atoms with E-state index in [1.165, 1.54) is 0 Å². The van der Waals surface area contributed by atoms with Crippen LogP contribution in [0.3, 0.4) is 0 Å². The van der Waals surface area contributed by atoms with Crippen molar-refractivity contribution in [2.45, 2.75) is 51.0 Å². The highest BCUT2D eigenvalue weighted by molar-refractivity contribution is 5.92. The minimum atomic E-state index is -0.928. The van der Waals surface area contributed by atoms with Gasteiger partial charge in [0.1, 0.15) is 12.4 Å². The number of likely N-dealkylation sites (tertiary alicyclic amines) is 1. The van der Waals surface area contributed by atoms with Gasteiger partial charge in [-0.25, -0.2) is 19.7 Å². The number of pyridine rings is 2. The molecule has 0 radical (unpaired) electrons. The molecule has 6 heterocycles. The molecule has 5 aromatic rings. The molecular formula is C31H32N6O4. The molecule has 0 spiro atoms. The van der Waals surface area contributed by atoms with Gasteiger partial charge in [0.05, 0.1) is 53.8 Å². The minimum absolute atomic E-state index is 0.153. The number of rotatable bonds is 9. The van der Waals surface area contributed by atoms with Crippen molar-refractivity contribution in [3.8, 4) is 5.88 Å². The van der Waals surface area contributed by atoms with Crippen LogP contribution in [0.1, 0.15) is 52.6 Å². The van der Waals surface area contributed by atoms with Crippen LogP contribution >= 0.6 is 0 Å². The van der Waals surface area contributed by atoms with Crippen LogP contribution in [0, 0.1) is 0 Å². The summed E-state index contributed by atoms with van der Waals surface area (Å²) < 4.78 is 15.9. The van der Waals surface area contributed by atoms with E-state index in [0.717, 1.165) is 72.6 Å². The first kappa shape index (κ1) is 25.7. The number of carbonyl (C=O) groups is 1. The van der Waals surface area contributed by atoms with Crippen LogP contribution in [-0.4, -0.2) is 65.7 Å². The quantitative estimate of drug-likeness (QED) is 0.284. The number of carboxylic acids is 1. The van der Waals surface area contributed by atoms with Gasteiger partial charge < -0.3 is 23.5 Å². The van der Waals surface area contributed by atoms with E-state index in [2.05, 4.69) is 26.6 Å². The van der Waals surface area contributed by atoms with Crippen LogP contribution < -0.4 is 4.74 Å². The Morgan fingerprint density at radius 3 is 2.76 bits per heavy atom. The highest BCUT2D eigenvalue weighted by Crippen LogP contribution is 2.30. The molecule has 0 aliphatic carbocycles. The number of hydrogen-bond donors (Lipinski definition) is 1. The number of aromatic carboxylic acids is 1. The van der Waals surface area contributed by atoms with Gasteiger partial charge >= 0.3 is 5.97 Å². The molecule has 41 heavy (non-hydrogen) atoms. The molecule has 1 aromatic carbocycles. The maximum atomic E-state index is 11.6. The number of fused-ring (bicyclic) bond motifs is 2. The van der Waals surface area contributed by atoms with Gasteiger partial charge in [0, 0.05) is 30.5 Å². The van der Waals surface area contributed by atoms with Crippen molar-refractivity contribution in [2.24, 2.45) is 0 Å². The van der Waals surface area contributed by atoms with Crippen molar-refractivity contribution in [1.29, 1.82) is 0 Å². The zero-order valence-electron chi connectivity index (χ0n) is 22.7. The minimum Gasteiger partial charge on any atom is -0.478 e. The molecular weight excluding hydrogens is 520 g/mol. The summed E-state index contributed by atoms with van der Waals surface area (Å²) in [4.78, 5) is 28.0. The number of piperidine rings is 1. The van der Waals surface area contributed by atoms with E-state index in [-0.39, 0.29) is 11.7 Å². The number of nitrogens with zero attached hydrogens (tertiary/aromatic N) is 6. The van der Waals surface area contributed by atoms with Gasteiger partial charge in [-0.05, 0) is 74.3 Å². The monoisotopic (exact) mass is 552 g/mol.